The van der Waals surface area contributed by atoms with E-state index in [2.05, 4.69) is 31.9 Å². The van der Waals surface area contributed by atoms with Crippen LogP contribution in [0.25, 0.3) is 0 Å². The molecule has 0 bridgehead atoms. The van der Waals surface area contributed by atoms with Crippen molar-refractivity contribution in [1.29, 1.82) is 0 Å². The van der Waals surface area contributed by atoms with E-state index in [4.69, 9.17) is 5.73 Å². The lowest BCUT2D eigenvalue weighted by Crippen LogP contribution is -2.60. The Balaban J connectivity index is 2.08. The number of hydrogen-bond acceptors (Lipinski definition) is 9. The number of amides is 8. The molecule has 0 aliphatic carbocycles. The van der Waals surface area contributed by atoms with E-state index in [1.807, 2.05) is 6.92 Å². The van der Waals surface area contributed by atoms with Gasteiger partial charge in [-0.25, -0.2) is 0 Å². The molecule has 0 radical (unpaired) electrons. The average Bonchev–Trinajstić information content (AvgIpc) is 3.61. The Bertz CT molecular complexity index is 1510. The molecule has 2 aliphatic heterocycles. The van der Waals surface area contributed by atoms with Crippen LogP contribution in [-0.2, 0) is 44.8 Å². The number of nitrogens with two attached hydrogens (primary N) is 1. The van der Waals surface area contributed by atoms with E-state index in [0.717, 1.165) is 0 Å². The van der Waals surface area contributed by atoms with Crippen molar-refractivity contribution < 1.29 is 43.5 Å². The van der Waals surface area contributed by atoms with E-state index in [9.17, 15) is 43.5 Å². The Hall–Kier alpha value is -5.06. The predicted molar refractivity (Wildman–Crippen MR) is 192 cm³/mol. The molecule has 2 aliphatic rings. The van der Waals surface area contributed by atoms with Gasteiger partial charge in [0.05, 0.1) is 13.0 Å². The lowest BCUT2D eigenvalue weighted by atomic mass is 9.96. The molecule has 1 aromatic rings. The number of fused-ring (bicyclic) bond motifs is 1. The van der Waals surface area contributed by atoms with Crippen LogP contribution in [0, 0.1) is 11.8 Å². The Morgan fingerprint density at radius 3 is 1.96 bits per heavy atom. The molecule has 6 unspecified atom stereocenters. The van der Waals surface area contributed by atoms with Gasteiger partial charge in [0.15, 0.2) is 0 Å². The molecule has 17 nitrogen and oxygen atoms in total. The molecule has 0 saturated carbocycles. The number of nitrogens with zero attached hydrogens (tertiary/aromatic N) is 1. The molecule has 0 spiro atoms. The fourth-order valence-electron chi connectivity index (χ4n) is 6.27. The van der Waals surface area contributed by atoms with Crippen LogP contribution in [0.15, 0.2) is 30.3 Å². The van der Waals surface area contributed by atoms with Gasteiger partial charge in [-0.05, 0) is 43.6 Å². The molecule has 3 rings (SSSR count). The number of hydrogen-bond donors (Lipinski definition) is 8. The van der Waals surface area contributed by atoms with Gasteiger partial charge in [0, 0.05) is 13.0 Å². The molecule has 0 aromatic heterocycles. The summed E-state index contributed by atoms with van der Waals surface area (Å²) in [4.78, 5) is 109. The summed E-state index contributed by atoms with van der Waals surface area (Å²) < 4.78 is 0. The fraction of sp³-hybridized carbons (Fsp3) is 0.611. The number of nitrogens with one attached hydrogen (secondary N) is 6. The number of carbonyl (C=O) groups is 8. The Kier molecular flexibility index (Phi) is 15.7. The van der Waals surface area contributed by atoms with E-state index in [1.54, 1.807) is 51.1 Å². The van der Waals surface area contributed by atoms with Crippen LogP contribution in [0.2, 0.25) is 0 Å². The van der Waals surface area contributed by atoms with Crippen molar-refractivity contribution in [2.24, 2.45) is 17.6 Å². The molecular weight excluding hydrogens is 688 g/mol. The molecule has 1 aromatic carbocycles. The van der Waals surface area contributed by atoms with Gasteiger partial charge in [0.25, 0.3) is 0 Å². The van der Waals surface area contributed by atoms with Crippen LogP contribution in [0.5, 0.6) is 0 Å². The molecule has 8 atom stereocenters. The van der Waals surface area contributed by atoms with E-state index >= 15 is 0 Å². The lowest BCUT2D eigenvalue weighted by Gasteiger charge is -2.32. The number of benzene rings is 1. The monoisotopic (exact) mass is 742 g/mol. The highest BCUT2D eigenvalue weighted by atomic mass is 16.3. The number of carbonyl (C=O) groups excluding carboxylic acids is 8. The summed E-state index contributed by atoms with van der Waals surface area (Å²) in [6.45, 7) is 7.95. The number of aliphatic hydroxyl groups is 1. The maximum Gasteiger partial charge on any atom is 0.246 e. The van der Waals surface area contributed by atoms with Crippen LogP contribution in [0.4, 0.5) is 0 Å². The van der Waals surface area contributed by atoms with Gasteiger partial charge < -0.3 is 47.6 Å². The normalized spacial score (nSPS) is 27.6. The third-order valence-electron chi connectivity index (χ3n) is 9.48. The first-order valence-electron chi connectivity index (χ1n) is 18.1. The number of aliphatic hydroxyl groups excluding tert-OH is 1. The summed E-state index contributed by atoms with van der Waals surface area (Å²) in [6.07, 6.45) is 0.638. The Labute approximate surface area is 309 Å². The average molecular weight is 743 g/mol. The second kappa shape index (κ2) is 19.7. The lowest BCUT2D eigenvalue weighted by molar-refractivity contribution is -0.143. The summed E-state index contributed by atoms with van der Waals surface area (Å²) in [6, 6.07) is -0.237. The van der Waals surface area contributed by atoms with Crippen molar-refractivity contribution >= 4 is 47.3 Å². The van der Waals surface area contributed by atoms with Crippen molar-refractivity contribution in [3.8, 4) is 0 Å². The van der Waals surface area contributed by atoms with Crippen molar-refractivity contribution in [3.63, 3.8) is 0 Å². The van der Waals surface area contributed by atoms with Gasteiger partial charge in [-0.3, -0.25) is 38.4 Å². The molecule has 8 amide bonds. The zero-order chi connectivity index (χ0) is 39.4. The molecule has 2 saturated heterocycles. The standard InChI is InChI=1S/C36H54N8O9/c1-6-20(4)29-36(53)44-14-10-13-27(44)35(52)41-24(16-22-11-8-7-9-12-22)32(49)40-25(17-28(37)46)33(50)42-26(18-45)34(51)39-23(15-19(2)3)31(48)38-21(5)30(47)43-29/h7-9,11-12,19-21,23-27,29,45H,6,10,13-18H2,1-5H3,(H2,37,46)(H,38,48)(H,39,51)(H,40,49)(H,41,52)(H,42,50)(H,43,47)/t20?,21-,23?,24?,25?,26?,27-,29?/m0/s1. The highest BCUT2D eigenvalue weighted by Crippen LogP contribution is 2.22. The van der Waals surface area contributed by atoms with Gasteiger partial charge in [-0.1, -0.05) is 64.4 Å². The first kappa shape index (κ1) is 42.4. The van der Waals surface area contributed by atoms with E-state index in [1.165, 1.54) is 11.8 Å². The highest BCUT2D eigenvalue weighted by molar-refractivity contribution is 5.99. The smallest absolute Gasteiger partial charge is 0.246 e. The van der Waals surface area contributed by atoms with Gasteiger partial charge in [-0.2, -0.15) is 0 Å². The van der Waals surface area contributed by atoms with E-state index < -0.39 is 103 Å². The van der Waals surface area contributed by atoms with Crippen molar-refractivity contribution in [2.45, 2.75) is 115 Å². The summed E-state index contributed by atoms with van der Waals surface area (Å²) in [7, 11) is 0. The number of rotatable bonds is 9. The van der Waals surface area contributed by atoms with Crippen LogP contribution in [-0.4, -0.2) is 113 Å². The Morgan fingerprint density at radius 1 is 0.792 bits per heavy atom. The molecule has 53 heavy (non-hydrogen) atoms. The fourth-order valence-corrected chi connectivity index (χ4v) is 6.27. The second-order valence-electron chi connectivity index (χ2n) is 14.2. The van der Waals surface area contributed by atoms with Crippen LogP contribution in [0.3, 0.4) is 0 Å². The largest absolute Gasteiger partial charge is 0.394 e. The zero-order valence-electron chi connectivity index (χ0n) is 31.0. The molecule has 2 heterocycles. The SMILES string of the molecule is CCC(C)C1NC(=O)[C@H](C)NC(=O)C(CC(C)C)NC(=O)C(CO)NC(=O)C(CC(N)=O)NC(=O)C(Cc2ccccc2)NC(=O)[C@@H]2CCCN2C1=O. The zero-order valence-corrected chi connectivity index (χ0v) is 31.0. The van der Waals surface area contributed by atoms with Gasteiger partial charge >= 0.3 is 0 Å². The van der Waals surface area contributed by atoms with Crippen LogP contribution >= 0.6 is 0 Å². The van der Waals surface area contributed by atoms with Crippen LogP contribution in [0.1, 0.15) is 72.3 Å². The Morgan fingerprint density at radius 2 is 1.36 bits per heavy atom. The molecular formula is C36H54N8O9. The molecule has 2 fully saturated rings. The van der Waals surface area contributed by atoms with E-state index in [0.29, 0.717) is 18.4 Å². The van der Waals surface area contributed by atoms with Gasteiger partial charge in [0.1, 0.15) is 42.3 Å². The second-order valence-corrected chi connectivity index (χ2v) is 14.2. The minimum absolute atomic E-state index is 0.0344. The van der Waals surface area contributed by atoms with Crippen molar-refractivity contribution in [3.05, 3.63) is 35.9 Å². The van der Waals surface area contributed by atoms with Gasteiger partial charge in [0.2, 0.25) is 47.3 Å². The minimum atomic E-state index is -1.63. The molecule has 9 N–H and O–H groups in total. The topological polar surface area (TPSA) is 258 Å². The predicted octanol–water partition coefficient (Wildman–Crippen LogP) is -1.88. The maximum absolute atomic E-state index is 14.1. The first-order chi connectivity index (χ1) is 25.1. The minimum Gasteiger partial charge on any atom is -0.394 e. The number of primary amides is 1. The molecule has 17 heteroatoms. The summed E-state index contributed by atoms with van der Waals surface area (Å²) in [5.74, 6) is -6.85. The third-order valence-corrected chi connectivity index (χ3v) is 9.48. The third kappa shape index (κ3) is 12.0. The summed E-state index contributed by atoms with van der Waals surface area (Å²) in [5, 5.41) is 25.4. The maximum atomic E-state index is 14.1. The summed E-state index contributed by atoms with van der Waals surface area (Å²) in [5.41, 5.74) is 6.06. The quantitative estimate of drug-likeness (QED) is 0.141. The summed E-state index contributed by atoms with van der Waals surface area (Å²) >= 11 is 0. The van der Waals surface area contributed by atoms with Crippen molar-refractivity contribution in [2.75, 3.05) is 13.2 Å². The van der Waals surface area contributed by atoms with Crippen LogP contribution < -0.4 is 37.6 Å². The first-order valence-corrected chi connectivity index (χ1v) is 18.1. The van der Waals surface area contributed by atoms with E-state index in [-0.39, 0.29) is 37.6 Å². The van der Waals surface area contributed by atoms with Gasteiger partial charge in [-0.15, -0.1) is 0 Å². The van der Waals surface area contributed by atoms with Crippen molar-refractivity contribution in [1.82, 2.24) is 36.8 Å². The molecule has 292 valence electrons. The highest BCUT2D eigenvalue weighted by Gasteiger charge is 2.41.